The zero-order chi connectivity index (χ0) is 11.6. The summed E-state index contributed by atoms with van der Waals surface area (Å²) in [6, 6.07) is -0.546. The summed E-state index contributed by atoms with van der Waals surface area (Å²) in [6.07, 6.45) is 0. The van der Waals surface area contributed by atoms with Crippen LogP contribution >= 0.6 is 11.8 Å². The number of carbonyl (C=O) groups excluding carboxylic acids is 1. The summed E-state index contributed by atoms with van der Waals surface area (Å²) in [5.41, 5.74) is 4.49. The number of rotatable bonds is 1. The summed E-state index contributed by atoms with van der Waals surface area (Å²) in [5, 5.41) is 9.10. The van der Waals surface area contributed by atoms with Crippen molar-refractivity contribution in [2.75, 3.05) is 0 Å². The largest absolute Gasteiger partial charge is 0.479 e. The van der Waals surface area contributed by atoms with Gasteiger partial charge in [0.15, 0.2) is 5.54 Å². The molecule has 0 unspecified atom stereocenters. The highest BCUT2D eigenvalue weighted by Gasteiger charge is 2.69. The van der Waals surface area contributed by atoms with Gasteiger partial charge in [-0.25, -0.2) is 4.79 Å². The maximum Gasteiger partial charge on any atom is 0.330 e. The van der Waals surface area contributed by atoms with Crippen LogP contribution in [0.2, 0.25) is 0 Å². The first-order valence-corrected chi connectivity index (χ1v) is 5.61. The number of nitrogens with two attached hydrogens (primary N) is 1. The Bertz CT molecular complexity index is 357. The number of nitrogens with zero attached hydrogens (tertiary/aromatic N) is 1. The van der Waals surface area contributed by atoms with Crippen molar-refractivity contribution in [3.05, 3.63) is 0 Å². The molecule has 5 nitrogen and oxygen atoms in total. The van der Waals surface area contributed by atoms with Crippen molar-refractivity contribution in [3.8, 4) is 0 Å². The highest BCUT2D eigenvalue weighted by atomic mass is 32.2. The molecule has 0 aromatic rings. The maximum absolute atomic E-state index is 11.6. The Morgan fingerprint density at radius 3 is 2.53 bits per heavy atom. The summed E-state index contributed by atoms with van der Waals surface area (Å²) < 4.78 is -0.521. The second kappa shape index (κ2) is 2.68. The van der Waals surface area contributed by atoms with E-state index in [2.05, 4.69) is 0 Å². The molecular weight excluding hydrogens is 216 g/mol. The van der Waals surface area contributed by atoms with Gasteiger partial charge in [0, 0.05) is 4.75 Å². The molecule has 84 valence electrons. The number of amides is 1. The van der Waals surface area contributed by atoms with Gasteiger partial charge in [0.25, 0.3) is 0 Å². The molecule has 2 aliphatic heterocycles. The van der Waals surface area contributed by atoms with Crippen LogP contribution in [0.4, 0.5) is 0 Å². The van der Waals surface area contributed by atoms with E-state index in [1.165, 1.54) is 16.7 Å². The van der Waals surface area contributed by atoms with E-state index in [0.29, 0.717) is 0 Å². The number of carboxylic acid groups (broad SMARTS) is 1. The number of hydrogen-bond donors (Lipinski definition) is 2. The van der Waals surface area contributed by atoms with Crippen molar-refractivity contribution in [1.29, 1.82) is 0 Å². The Kier molecular flexibility index (Phi) is 1.92. The zero-order valence-electron chi connectivity index (χ0n) is 8.85. The highest BCUT2D eigenvalue weighted by molar-refractivity contribution is 8.01. The maximum atomic E-state index is 11.6. The van der Waals surface area contributed by atoms with Gasteiger partial charge in [-0.15, -0.1) is 11.8 Å². The standard InChI is InChI=1S/C9H14N2O3S/c1-8(2)9(3,7(13)14)11-5(12)4(10)6(11)15-8/h4,6H,10H2,1-3H3,(H,13,14)/t4-,6+,9-/m0/s1. The van der Waals surface area contributed by atoms with Gasteiger partial charge in [-0.05, 0) is 20.8 Å². The van der Waals surface area contributed by atoms with Gasteiger partial charge in [-0.2, -0.15) is 0 Å². The van der Waals surface area contributed by atoms with E-state index < -0.39 is 22.3 Å². The third kappa shape index (κ3) is 0.986. The Labute approximate surface area is 92.0 Å². The molecule has 0 spiro atoms. The fourth-order valence-corrected chi connectivity index (χ4v) is 3.86. The lowest BCUT2D eigenvalue weighted by Gasteiger charge is -2.47. The lowest BCUT2D eigenvalue weighted by molar-refractivity contribution is -0.168. The van der Waals surface area contributed by atoms with Crippen LogP contribution in [-0.2, 0) is 9.59 Å². The van der Waals surface area contributed by atoms with Gasteiger partial charge in [0.05, 0.1) is 0 Å². The van der Waals surface area contributed by atoms with Crippen LogP contribution in [0.15, 0.2) is 0 Å². The molecule has 3 atom stereocenters. The lowest BCUT2D eigenvalue weighted by atomic mass is 9.83. The summed E-state index contributed by atoms with van der Waals surface area (Å²) in [4.78, 5) is 24.3. The Hall–Kier alpha value is -0.750. The van der Waals surface area contributed by atoms with E-state index >= 15 is 0 Å². The van der Waals surface area contributed by atoms with Crippen LogP contribution in [0.1, 0.15) is 20.8 Å². The van der Waals surface area contributed by atoms with Crippen molar-refractivity contribution < 1.29 is 14.7 Å². The van der Waals surface area contributed by atoms with Crippen LogP contribution in [0, 0.1) is 0 Å². The van der Waals surface area contributed by atoms with Crippen molar-refractivity contribution in [2.24, 2.45) is 5.73 Å². The van der Waals surface area contributed by atoms with Gasteiger partial charge in [0.2, 0.25) is 5.91 Å². The highest BCUT2D eigenvalue weighted by Crippen LogP contribution is 2.56. The minimum Gasteiger partial charge on any atom is -0.479 e. The predicted molar refractivity (Wildman–Crippen MR) is 56.3 cm³/mol. The van der Waals surface area contributed by atoms with E-state index in [0.717, 1.165) is 0 Å². The molecule has 0 saturated carbocycles. The molecule has 15 heavy (non-hydrogen) atoms. The van der Waals surface area contributed by atoms with E-state index in [1.54, 1.807) is 6.92 Å². The summed E-state index contributed by atoms with van der Waals surface area (Å²) in [6.45, 7) is 5.26. The molecule has 0 aliphatic carbocycles. The number of aliphatic carboxylic acids is 1. The van der Waals surface area contributed by atoms with Crippen LogP contribution < -0.4 is 5.73 Å². The minimum absolute atomic E-state index is 0.186. The number of carbonyl (C=O) groups is 2. The topological polar surface area (TPSA) is 83.6 Å². The van der Waals surface area contributed by atoms with Gasteiger partial charge in [-0.1, -0.05) is 0 Å². The number of thioether (sulfide) groups is 1. The average Bonchev–Trinajstić information content (AvgIpc) is 2.33. The van der Waals surface area contributed by atoms with Crippen molar-refractivity contribution >= 4 is 23.6 Å². The molecule has 0 bridgehead atoms. The van der Waals surface area contributed by atoms with Crippen LogP contribution in [0.25, 0.3) is 0 Å². The second-order valence-electron chi connectivity index (χ2n) is 4.63. The first kappa shape index (κ1) is 10.8. The first-order chi connectivity index (χ1) is 6.73. The quantitative estimate of drug-likeness (QED) is 0.612. The van der Waals surface area contributed by atoms with Crippen LogP contribution in [0.3, 0.4) is 0 Å². The molecule has 1 amide bonds. The lowest BCUT2D eigenvalue weighted by Crippen LogP contribution is -2.73. The number of hydrogen-bond acceptors (Lipinski definition) is 4. The van der Waals surface area contributed by atoms with Gasteiger partial charge < -0.3 is 15.7 Å². The molecule has 2 heterocycles. The molecule has 0 radical (unpaired) electrons. The molecule has 2 rings (SSSR count). The fraction of sp³-hybridized carbons (Fsp3) is 0.778. The van der Waals surface area contributed by atoms with Gasteiger partial charge in [-0.3, -0.25) is 4.79 Å². The Morgan fingerprint density at radius 2 is 2.07 bits per heavy atom. The predicted octanol–water partition coefficient (Wildman–Crippen LogP) is -0.149. The molecule has 2 fully saturated rings. The van der Waals surface area contributed by atoms with Gasteiger partial charge >= 0.3 is 5.97 Å². The summed E-state index contributed by atoms with van der Waals surface area (Å²) in [5.74, 6) is -1.23. The Morgan fingerprint density at radius 1 is 1.53 bits per heavy atom. The number of β-lactam (4-membered cyclic amide) rings is 1. The third-order valence-electron chi connectivity index (χ3n) is 3.57. The van der Waals surface area contributed by atoms with E-state index in [1.807, 2.05) is 13.8 Å². The monoisotopic (exact) mass is 230 g/mol. The normalized spacial score (nSPS) is 42.4. The second-order valence-corrected chi connectivity index (χ2v) is 6.37. The van der Waals surface area contributed by atoms with E-state index in [4.69, 9.17) is 5.73 Å². The van der Waals surface area contributed by atoms with Crippen molar-refractivity contribution in [2.45, 2.75) is 42.5 Å². The van der Waals surface area contributed by atoms with Gasteiger partial charge in [0.1, 0.15) is 11.4 Å². The molecule has 6 heteroatoms. The van der Waals surface area contributed by atoms with E-state index in [9.17, 15) is 14.7 Å². The van der Waals surface area contributed by atoms with Crippen molar-refractivity contribution in [1.82, 2.24) is 4.90 Å². The number of fused-ring (bicyclic) bond motifs is 1. The van der Waals surface area contributed by atoms with E-state index in [-0.39, 0.29) is 11.3 Å². The number of carboxylic acids is 1. The molecule has 2 aliphatic rings. The fourth-order valence-electron chi connectivity index (χ4n) is 2.15. The average molecular weight is 230 g/mol. The Balaban J connectivity index is 2.46. The third-order valence-corrected chi connectivity index (χ3v) is 5.30. The molecular formula is C9H14N2O3S. The van der Waals surface area contributed by atoms with Crippen molar-refractivity contribution in [3.63, 3.8) is 0 Å². The molecule has 2 saturated heterocycles. The SMILES string of the molecule is CC1(C)S[C@@H]2[C@@H](N)C(=O)N2[C@@]1(C)C(=O)O. The van der Waals surface area contributed by atoms with Crippen LogP contribution in [0.5, 0.6) is 0 Å². The summed E-state index contributed by atoms with van der Waals surface area (Å²) in [7, 11) is 0. The minimum atomic E-state index is -1.16. The summed E-state index contributed by atoms with van der Waals surface area (Å²) >= 11 is 1.46. The molecule has 3 N–H and O–H groups in total. The molecule has 0 aromatic heterocycles. The zero-order valence-corrected chi connectivity index (χ0v) is 9.67. The smallest absolute Gasteiger partial charge is 0.330 e. The molecule has 0 aromatic carbocycles. The van der Waals surface area contributed by atoms with Crippen LogP contribution in [-0.4, -0.2) is 43.6 Å². The first-order valence-electron chi connectivity index (χ1n) is 4.73.